The van der Waals surface area contributed by atoms with Crippen molar-refractivity contribution in [3.05, 3.63) is 35.6 Å². The van der Waals surface area contributed by atoms with Crippen LogP contribution in [0.4, 0.5) is 4.39 Å². The van der Waals surface area contributed by atoms with Gasteiger partial charge in [0.2, 0.25) is 0 Å². The lowest BCUT2D eigenvalue weighted by Crippen LogP contribution is -2.17. The van der Waals surface area contributed by atoms with Crippen molar-refractivity contribution in [3.8, 4) is 0 Å². The molecule has 70 valence electrons. The number of hydrogen-bond donors (Lipinski definition) is 1. The molecule has 2 N–H and O–H groups in total. The monoisotopic (exact) mass is 179 g/mol. The molecular weight excluding hydrogens is 165 g/mol. The Morgan fingerprint density at radius 3 is 2.46 bits per heavy atom. The van der Waals surface area contributed by atoms with Crippen LogP contribution in [0.15, 0.2) is 24.3 Å². The molecule has 0 heterocycles. The van der Waals surface area contributed by atoms with Crippen molar-refractivity contribution in [2.75, 3.05) is 0 Å². The quantitative estimate of drug-likeness (QED) is 0.740. The maximum absolute atomic E-state index is 12.6. The Hall–Kier alpha value is -0.890. The third-order valence-corrected chi connectivity index (χ3v) is 2.81. The van der Waals surface area contributed by atoms with E-state index in [1.807, 2.05) is 19.1 Å². The maximum atomic E-state index is 12.6. The van der Waals surface area contributed by atoms with Crippen LogP contribution in [0, 0.1) is 11.7 Å². The molecule has 0 bridgehead atoms. The van der Waals surface area contributed by atoms with Gasteiger partial charge in [0, 0.05) is 6.04 Å². The SMILES string of the molecule is C[C@@H](N)[C@@H]1C[C@@H]1c1ccc(F)cc1. The lowest BCUT2D eigenvalue weighted by atomic mass is 10.1. The van der Waals surface area contributed by atoms with Crippen molar-refractivity contribution in [1.29, 1.82) is 0 Å². The summed E-state index contributed by atoms with van der Waals surface area (Å²) < 4.78 is 12.6. The molecule has 1 aromatic rings. The van der Waals surface area contributed by atoms with Gasteiger partial charge in [-0.2, -0.15) is 0 Å². The van der Waals surface area contributed by atoms with E-state index in [1.54, 1.807) is 0 Å². The molecule has 0 saturated heterocycles. The number of nitrogens with two attached hydrogens (primary N) is 1. The second kappa shape index (κ2) is 3.11. The molecule has 1 saturated carbocycles. The van der Waals surface area contributed by atoms with Crippen LogP contribution in [0.3, 0.4) is 0 Å². The molecule has 1 fully saturated rings. The third-order valence-electron chi connectivity index (χ3n) is 2.81. The van der Waals surface area contributed by atoms with E-state index in [1.165, 1.54) is 17.7 Å². The van der Waals surface area contributed by atoms with E-state index in [-0.39, 0.29) is 11.9 Å². The van der Waals surface area contributed by atoms with Crippen molar-refractivity contribution in [1.82, 2.24) is 0 Å². The number of halogens is 1. The van der Waals surface area contributed by atoms with Crippen LogP contribution in [0.25, 0.3) is 0 Å². The van der Waals surface area contributed by atoms with Gasteiger partial charge < -0.3 is 5.73 Å². The molecule has 3 atom stereocenters. The highest BCUT2D eigenvalue weighted by atomic mass is 19.1. The first kappa shape index (κ1) is 8.70. The summed E-state index contributed by atoms with van der Waals surface area (Å²) in [5.41, 5.74) is 7.01. The van der Waals surface area contributed by atoms with E-state index in [2.05, 4.69) is 0 Å². The van der Waals surface area contributed by atoms with E-state index in [4.69, 9.17) is 5.73 Å². The molecule has 0 amide bonds. The van der Waals surface area contributed by atoms with Crippen LogP contribution in [-0.2, 0) is 0 Å². The van der Waals surface area contributed by atoms with Gasteiger partial charge in [0.05, 0.1) is 0 Å². The fourth-order valence-electron chi connectivity index (χ4n) is 1.89. The molecule has 2 rings (SSSR count). The lowest BCUT2D eigenvalue weighted by Gasteiger charge is -2.03. The Kier molecular flexibility index (Phi) is 2.08. The van der Waals surface area contributed by atoms with Crippen molar-refractivity contribution >= 4 is 0 Å². The molecule has 0 spiro atoms. The van der Waals surface area contributed by atoms with Crippen LogP contribution in [0.1, 0.15) is 24.8 Å². The predicted molar refractivity (Wildman–Crippen MR) is 50.9 cm³/mol. The largest absolute Gasteiger partial charge is 0.328 e. The molecule has 1 nitrogen and oxygen atoms in total. The van der Waals surface area contributed by atoms with Gasteiger partial charge >= 0.3 is 0 Å². The molecule has 1 aliphatic carbocycles. The molecule has 0 unspecified atom stereocenters. The molecule has 1 aromatic carbocycles. The summed E-state index contributed by atoms with van der Waals surface area (Å²) in [4.78, 5) is 0. The van der Waals surface area contributed by atoms with Gasteiger partial charge in [-0.05, 0) is 42.9 Å². The Morgan fingerprint density at radius 2 is 2.00 bits per heavy atom. The fraction of sp³-hybridized carbons (Fsp3) is 0.455. The van der Waals surface area contributed by atoms with Crippen molar-refractivity contribution in [2.45, 2.75) is 25.3 Å². The van der Waals surface area contributed by atoms with E-state index >= 15 is 0 Å². The number of hydrogen-bond acceptors (Lipinski definition) is 1. The Morgan fingerprint density at radius 1 is 1.38 bits per heavy atom. The number of benzene rings is 1. The first-order chi connectivity index (χ1) is 6.18. The van der Waals surface area contributed by atoms with Gasteiger partial charge in [0.15, 0.2) is 0 Å². The van der Waals surface area contributed by atoms with Crippen LogP contribution in [0.5, 0.6) is 0 Å². The van der Waals surface area contributed by atoms with E-state index in [0.29, 0.717) is 11.8 Å². The molecule has 0 radical (unpaired) electrons. The van der Waals surface area contributed by atoms with Crippen molar-refractivity contribution < 1.29 is 4.39 Å². The first-order valence-electron chi connectivity index (χ1n) is 4.69. The maximum Gasteiger partial charge on any atom is 0.123 e. The zero-order chi connectivity index (χ0) is 9.42. The van der Waals surface area contributed by atoms with Gasteiger partial charge in [0.1, 0.15) is 5.82 Å². The van der Waals surface area contributed by atoms with Crippen molar-refractivity contribution in [3.63, 3.8) is 0 Å². The minimum Gasteiger partial charge on any atom is -0.328 e. The standard InChI is InChI=1S/C11H14FN/c1-7(13)10-6-11(10)8-2-4-9(12)5-3-8/h2-5,7,10-11H,6,13H2,1H3/t7-,10+,11-/m1/s1. The summed E-state index contributed by atoms with van der Waals surface area (Å²) in [5, 5.41) is 0. The fourth-order valence-corrected chi connectivity index (χ4v) is 1.89. The Labute approximate surface area is 77.8 Å². The summed E-state index contributed by atoms with van der Waals surface area (Å²) in [7, 11) is 0. The van der Waals surface area contributed by atoms with Gasteiger partial charge in [-0.15, -0.1) is 0 Å². The molecular formula is C11H14FN. The zero-order valence-corrected chi connectivity index (χ0v) is 7.70. The van der Waals surface area contributed by atoms with E-state index < -0.39 is 0 Å². The summed E-state index contributed by atoms with van der Waals surface area (Å²) in [6.07, 6.45) is 1.16. The second-order valence-corrected chi connectivity index (χ2v) is 3.92. The van der Waals surface area contributed by atoms with Crippen molar-refractivity contribution in [2.24, 2.45) is 11.7 Å². The third kappa shape index (κ3) is 1.73. The van der Waals surface area contributed by atoms with Crippen LogP contribution < -0.4 is 5.73 Å². The Bertz CT molecular complexity index is 291. The van der Waals surface area contributed by atoms with Gasteiger partial charge in [-0.25, -0.2) is 4.39 Å². The highest BCUT2D eigenvalue weighted by Gasteiger charge is 2.40. The van der Waals surface area contributed by atoms with Gasteiger partial charge in [-0.3, -0.25) is 0 Å². The molecule has 1 aliphatic rings. The zero-order valence-electron chi connectivity index (χ0n) is 7.70. The van der Waals surface area contributed by atoms with Crippen LogP contribution in [-0.4, -0.2) is 6.04 Å². The molecule has 0 aliphatic heterocycles. The first-order valence-corrected chi connectivity index (χ1v) is 4.69. The average molecular weight is 179 g/mol. The summed E-state index contributed by atoms with van der Waals surface area (Å²) in [6.45, 7) is 2.04. The van der Waals surface area contributed by atoms with Crippen LogP contribution in [0.2, 0.25) is 0 Å². The minimum absolute atomic E-state index is 0.165. The van der Waals surface area contributed by atoms with E-state index in [9.17, 15) is 4.39 Å². The molecule has 2 heteroatoms. The summed E-state index contributed by atoms with van der Waals surface area (Å²) in [6, 6.07) is 7.03. The summed E-state index contributed by atoms with van der Waals surface area (Å²) in [5.74, 6) is 1.01. The smallest absolute Gasteiger partial charge is 0.123 e. The second-order valence-electron chi connectivity index (χ2n) is 3.92. The molecule has 13 heavy (non-hydrogen) atoms. The van der Waals surface area contributed by atoms with E-state index in [0.717, 1.165) is 6.42 Å². The normalized spacial score (nSPS) is 28.5. The average Bonchev–Trinajstić information content (AvgIpc) is 2.85. The summed E-state index contributed by atoms with van der Waals surface area (Å²) >= 11 is 0. The van der Waals surface area contributed by atoms with Gasteiger partial charge in [-0.1, -0.05) is 12.1 Å². The molecule has 0 aromatic heterocycles. The minimum atomic E-state index is -0.165. The predicted octanol–water partition coefficient (Wildman–Crippen LogP) is 2.28. The van der Waals surface area contributed by atoms with Gasteiger partial charge in [0.25, 0.3) is 0 Å². The Balaban J connectivity index is 2.08. The number of rotatable bonds is 2. The highest BCUT2D eigenvalue weighted by Crippen LogP contribution is 2.48. The lowest BCUT2D eigenvalue weighted by molar-refractivity contribution is 0.622. The highest BCUT2D eigenvalue weighted by molar-refractivity contribution is 5.26. The van der Waals surface area contributed by atoms with Crippen LogP contribution >= 0.6 is 0 Å². The topological polar surface area (TPSA) is 26.0 Å².